The van der Waals surface area contributed by atoms with Gasteiger partial charge in [-0.1, -0.05) is 6.92 Å². The van der Waals surface area contributed by atoms with Gasteiger partial charge in [-0.25, -0.2) is 0 Å². The first-order valence-electron chi connectivity index (χ1n) is 2.37. The summed E-state index contributed by atoms with van der Waals surface area (Å²) in [7, 11) is 0. The minimum atomic E-state index is 0.255. The summed E-state index contributed by atoms with van der Waals surface area (Å²) in [6.07, 6.45) is 2.93. The third-order valence-electron chi connectivity index (χ3n) is 0.732. The molecule has 0 rings (SSSR count). The molecule has 0 amide bonds. The van der Waals surface area contributed by atoms with Gasteiger partial charge in [0.2, 0.25) is 5.25 Å². The van der Waals surface area contributed by atoms with Crippen molar-refractivity contribution < 1.29 is 4.21 Å². The molecular weight excluding hydrogens is 108 g/mol. The van der Waals surface area contributed by atoms with Crippen LogP contribution in [-0.4, -0.2) is 5.25 Å². The number of rotatable bonds is 3. The van der Waals surface area contributed by atoms with Gasteiger partial charge >= 0.3 is 11.7 Å². The first-order valence-corrected chi connectivity index (χ1v) is 3.18. The van der Waals surface area contributed by atoms with E-state index in [-0.39, 0.29) is 5.25 Å². The highest BCUT2D eigenvalue weighted by molar-refractivity contribution is 7.66. The molecule has 0 spiro atoms. The van der Waals surface area contributed by atoms with Gasteiger partial charge in [0.15, 0.2) is 0 Å². The summed E-state index contributed by atoms with van der Waals surface area (Å²) < 4.78 is 9.92. The fourth-order valence-electron chi connectivity index (χ4n) is 0.371. The maximum Gasteiger partial charge on any atom is 0.461 e. The molecule has 0 aromatic rings. The van der Waals surface area contributed by atoms with E-state index in [0.29, 0.717) is 11.7 Å². The van der Waals surface area contributed by atoms with Crippen molar-refractivity contribution in [1.82, 2.24) is 0 Å². The number of hydrogen-bond donors (Lipinski definition) is 0. The summed E-state index contributed by atoms with van der Waals surface area (Å²) in [5.74, 6) is 0. The van der Waals surface area contributed by atoms with Crippen molar-refractivity contribution in [3.63, 3.8) is 0 Å². The van der Waals surface area contributed by atoms with Crippen LogP contribution in [0.3, 0.4) is 0 Å². The van der Waals surface area contributed by atoms with E-state index >= 15 is 0 Å². The summed E-state index contributed by atoms with van der Waals surface area (Å²) in [6.45, 7) is 3.89. The van der Waals surface area contributed by atoms with Crippen molar-refractivity contribution in [2.24, 2.45) is 0 Å². The molecule has 0 aliphatic carbocycles. The van der Waals surface area contributed by atoms with Gasteiger partial charge in [0.1, 0.15) is 0 Å². The predicted molar refractivity (Wildman–Crippen MR) is 32.1 cm³/mol. The van der Waals surface area contributed by atoms with Crippen LogP contribution in [-0.2, 0) is 15.9 Å². The number of hydrogen-bond acceptors (Lipinski definition) is 1. The molecule has 0 bridgehead atoms. The zero-order valence-corrected chi connectivity index (χ0v) is 5.49. The van der Waals surface area contributed by atoms with Gasteiger partial charge in [0.05, 0.1) is 0 Å². The second-order valence-corrected chi connectivity index (χ2v) is 2.55. The zero-order chi connectivity index (χ0) is 5.70. The quantitative estimate of drug-likeness (QED) is 0.512. The average Bonchev–Trinajstić information content (AvgIpc) is 1.68. The van der Waals surface area contributed by atoms with Gasteiger partial charge < -0.3 is 0 Å². The van der Waals surface area contributed by atoms with Crippen LogP contribution in [0.5, 0.6) is 0 Å². The molecule has 0 N–H and O–H groups in total. The van der Waals surface area contributed by atoms with Gasteiger partial charge in [0.25, 0.3) is 0 Å². The van der Waals surface area contributed by atoms with Crippen LogP contribution in [0.2, 0.25) is 0 Å². The Balaban J connectivity index is 2.98. The van der Waals surface area contributed by atoms with Crippen molar-refractivity contribution >= 4 is 11.7 Å². The molecule has 0 unspecified atom stereocenters. The fourth-order valence-corrected chi connectivity index (χ4v) is 0.642. The predicted octanol–water partition coefficient (Wildman–Crippen LogP) is 1.42. The summed E-state index contributed by atoms with van der Waals surface area (Å²) >= 11 is 0.668. The van der Waals surface area contributed by atoms with Gasteiger partial charge in [-0.3, -0.25) is 0 Å². The normalized spacial score (nSPS) is 13.4. The lowest BCUT2D eigenvalue weighted by molar-refractivity contribution is 0.598. The van der Waals surface area contributed by atoms with Gasteiger partial charge in [-0.15, -0.1) is 0 Å². The molecule has 41 valence electrons. The van der Waals surface area contributed by atoms with Crippen molar-refractivity contribution in [3.8, 4) is 0 Å². The van der Waals surface area contributed by atoms with Crippen LogP contribution in [0.4, 0.5) is 0 Å². The SMILES string of the molecule is C[CH]C[C@H](C)[S+]=O. The Morgan fingerprint density at radius 3 is 2.57 bits per heavy atom. The minimum absolute atomic E-state index is 0.255. The Labute approximate surface area is 48.6 Å². The second-order valence-electron chi connectivity index (χ2n) is 1.55. The van der Waals surface area contributed by atoms with Crippen LogP contribution in [0.1, 0.15) is 20.3 Å². The first-order chi connectivity index (χ1) is 3.31. The molecule has 0 saturated heterocycles. The molecule has 0 aliphatic heterocycles. The minimum Gasteiger partial charge on any atom is -0.0620 e. The Bertz CT molecular complexity index is 54.0. The largest absolute Gasteiger partial charge is 0.461 e. The van der Waals surface area contributed by atoms with Crippen molar-refractivity contribution in [3.05, 3.63) is 6.42 Å². The summed E-state index contributed by atoms with van der Waals surface area (Å²) in [4.78, 5) is 0. The van der Waals surface area contributed by atoms with Crippen LogP contribution >= 0.6 is 0 Å². The Morgan fingerprint density at radius 1 is 1.86 bits per heavy atom. The molecular formula is C5H10OS+. The molecule has 1 radical (unpaired) electrons. The summed E-state index contributed by atoms with van der Waals surface area (Å²) in [5.41, 5.74) is 0. The summed E-state index contributed by atoms with van der Waals surface area (Å²) in [6, 6.07) is 0. The molecule has 0 aromatic heterocycles. The van der Waals surface area contributed by atoms with Crippen LogP contribution in [0.15, 0.2) is 0 Å². The van der Waals surface area contributed by atoms with Gasteiger partial charge in [-0.2, -0.15) is 0 Å². The Kier molecular flexibility index (Phi) is 4.20. The molecule has 2 heteroatoms. The van der Waals surface area contributed by atoms with E-state index < -0.39 is 0 Å². The van der Waals surface area contributed by atoms with E-state index in [1.807, 2.05) is 20.3 Å². The topological polar surface area (TPSA) is 17.1 Å². The van der Waals surface area contributed by atoms with E-state index in [1.165, 1.54) is 0 Å². The molecule has 1 nitrogen and oxygen atoms in total. The van der Waals surface area contributed by atoms with Gasteiger partial charge in [-0.05, 0) is 13.3 Å². The zero-order valence-electron chi connectivity index (χ0n) is 4.68. The second kappa shape index (κ2) is 4.19. The Hall–Kier alpha value is 0.0200. The lowest BCUT2D eigenvalue weighted by Crippen LogP contribution is -1.96. The molecule has 0 fully saturated rings. The van der Waals surface area contributed by atoms with E-state index in [9.17, 15) is 4.21 Å². The van der Waals surface area contributed by atoms with Gasteiger partial charge in [0, 0.05) is 10.6 Å². The fraction of sp³-hybridized carbons (Fsp3) is 0.800. The molecule has 0 aliphatic rings. The molecule has 0 aromatic carbocycles. The third kappa shape index (κ3) is 3.86. The standard InChI is InChI=1S/C5H10OS/c1-3-4-5(2)7-6/h3,5H,4H2,1-2H3/q+1/t5-/m0/s1. The molecule has 0 heterocycles. The van der Waals surface area contributed by atoms with E-state index in [1.54, 1.807) is 0 Å². The maximum atomic E-state index is 9.92. The average molecular weight is 118 g/mol. The highest BCUT2D eigenvalue weighted by Gasteiger charge is 2.10. The van der Waals surface area contributed by atoms with Crippen molar-refractivity contribution in [2.45, 2.75) is 25.5 Å². The Morgan fingerprint density at radius 2 is 2.43 bits per heavy atom. The molecule has 1 atom stereocenters. The van der Waals surface area contributed by atoms with E-state index in [4.69, 9.17) is 0 Å². The van der Waals surface area contributed by atoms with E-state index in [0.717, 1.165) is 6.42 Å². The van der Waals surface area contributed by atoms with Crippen molar-refractivity contribution in [2.75, 3.05) is 0 Å². The lowest BCUT2D eigenvalue weighted by atomic mass is 10.3. The van der Waals surface area contributed by atoms with Crippen LogP contribution in [0.25, 0.3) is 0 Å². The third-order valence-corrected chi connectivity index (χ3v) is 1.25. The molecule has 0 saturated carbocycles. The van der Waals surface area contributed by atoms with Crippen LogP contribution < -0.4 is 0 Å². The first kappa shape index (κ1) is 7.02. The highest BCUT2D eigenvalue weighted by atomic mass is 32.1. The maximum absolute atomic E-state index is 9.92. The monoisotopic (exact) mass is 118 g/mol. The van der Waals surface area contributed by atoms with Crippen LogP contribution in [0, 0.1) is 6.42 Å². The smallest absolute Gasteiger partial charge is 0.0620 e. The highest BCUT2D eigenvalue weighted by Crippen LogP contribution is 1.94. The van der Waals surface area contributed by atoms with E-state index in [2.05, 4.69) is 0 Å². The van der Waals surface area contributed by atoms with Crippen molar-refractivity contribution in [1.29, 1.82) is 0 Å². The molecule has 7 heavy (non-hydrogen) atoms. The summed E-state index contributed by atoms with van der Waals surface area (Å²) in [5, 5.41) is 0.255. The lowest BCUT2D eigenvalue weighted by Gasteiger charge is -1.81.